The zero-order valence-corrected chi connectivity index (χ0v) is 73.2. The Labute approximate surface area is 700 Å². The molecule has 12 aromatic heterocycles. The Morgan fingerprint density at radius 1 is 0.381 bits per heavy atom. The number of ether oxygens (including phenoxy) is 1. The van der Waals surface area contributed by atoms with Gasteiger partial charge in [0.2, 0.25) is 17.8 Å². The SMILES string of the molecule is C=C=C(C)Nc1nc2cnc(C)nc2n1CC1CCCCC1.CCNc1nc2cnc(C)nc2n1CC1CCCCC1.CCOc1nc2cnc(C)nc2n1CC1CCCCC1.CCSc1nc2cnc(C)nc2n1CC1CCCCC1.Cc1ncc2nc(C)n(CC3CCCCC3)c2n1.Cc1ncc2nc(N)n(CC3CCCCC3)c2n1. The number of aryl methyl sites for hydroxylation is 7. The van der Waals surface area contributed by atoms with Crippen molar-refractivity contribution in [2.45, 2.75) is 313 Å². The van der Waals surface area contributed by atoms with E-state index in [2.05, 4.69) is 156 Å². The maximum absolute atomic E-state index is 6.00. The van der Waals surface area contributed by atoms with E-state index >= 15 is 0 Å². The van der Waals surface area contributed by atoms with Crippen LogP contribution in [0.1, 0.15) is 261 Å². The molecule has 0 aliphatic heterocycles. The van der Waals surface area contributed by atoms with E-state index in [9.17, 15) is 0 Å². The maximum Gasteiger partial charge on any atom is 0.298 e. The highest BCUT2D eigenvalue weighted by molar-refractivity contribution is 7.99. The summed E-state index contributed by atoms with van der Waals surface area (Å²) in [5, 5.41) is 7.75. The molecular formula is C89H129N27OS. The molecule has 18 rings (SSSR count). The van der Waals surface area contributed by atoms with Gasteiger partial charge in [-0.05, 0) is 188 Å². The van der Waals surface area contributed by atoms with Gasteiger partial charge < -0.3 is 30.2 Å². The first-order chi connectivity index (χ1) is 57.5. The van der Waals surface area contributed by atoms with Gasteiger partial charge in [-0.25, -0.2) is 84.7 Å². The summed E-state index contributed by atoms with van der Waals surface area (Å²) in [6.07, 6.45) is 51.3. The maximum atomic E-state index is 6.00. The van der Waals surface area contributed by atoms with Crippen LogP contribution >= 0.6 is 11.8 Å². The molecule has 12 heterocycles. The summed E-state index contributed by atoms with van der Waals surface area (Å²) in [5.41, 5.74) is 20.6. The van der Waals surface area contributed by atoms with Crippen molar-refractivity contribution in [1.82, 2.24) is 117 Å². The van der Waals surface area contributed by atoms with Gasteiger partial charge in [0.25, 0.3) is 6.01 Å². The molecule has 0 bridgehead atoms. The van der Waals surface area contributed by atoms with Crippen molar-refractivity contribution < 1.29 is 4.74 Å². The Balaban J connectivity index is 0.000000123. The summed E-state index contributed by atoms with van der Waals surface area (Å²) in [6, 6.07) is 0.688. The van der Waals surface area contributed by atoms with Gasteiger partial charge in [0, 0.05) is 45.8 Å². The number of hydrogen-bond donors (Lipinski definition) is 3. The minimum atomic E-state index is 0.565. The average molecular weight is 1630 g/mol. The van der Waals surface area contributed by atoms with E-state index in [1.54, 1.807) is 30.4 Å². The normalized spacial score (nSPS) is 16.8. The highest BCUT2D eigenvalue weighted by Gasteiger charge is 2.27. The molecule has 0 radical (unpaired) electrons. The van der Waals surface area contributed by atoms with Gasteiger partial charge in [0.1, 0.15) is 73.9 Å². The minimum absolute atomic E-state index is 0.565. The molecule has 0 amide bonds. The van der Waals surface area contributed by atoms with Gasteiger partial charge in [-0.15, -0.1) is 5.73 Å². The Bertz CT molecular complexity index is 4900. The Hall–Kier alpha value is -9.63. The zero-order chi connectivity index (χ0) is 82.4. The molecule has 0 saturated heterocycles. The van der Waals surface area contributed by atoms with Crippen LogP contribution < -0.4 is 21.1 Å². The number of rotatable bonds is 20. The quantitative estimate of drug-likeness (QED) is 0.0471. The second-order valence-corrected chi connectivity index (χ2v) is 34.8. The molecule has 0 atom stereocenters. The lowest BCUT2D eigenvalue weighted by molar-refractivity contribution is 0.268. The van der Waals surface area contributed by atoms with E-state index in [1.165, 1.54) is 193 Å². The van der Waals surface area contributed by atoms with E-state index < -0.39 is 0 Å². The van der Waals surface area contributed by atoms with Crippen molar-refractivity contribution in [3.8, 4) is 6.01 Å². The molecule has 0 aromatic carbocycles. The van der Waals surface area contributed by atoms with E-state index in [1.807, 2.05) is 74.0 Å². The third kappa shape index (κ3) is 22.8. The highest BCUT2D eigenvalue weighted by Crippen LogP contribution is 2.36. The number of nitrogens with two attached hydrogens (primary N) is 1. The zero-order valence-electron chi connectivity index (χ0n) is 72.3. The number of nitrogens with one attached hydrogen (secondary N) is 2. The van der Waals surface area contributed by atoms with E-state index in [0.717, 1.165) is 206 Å². The van der Waals surface area contributed by atoms with Gasteiger partial charge in [-0.3, -0.25) is 18.3 Å². The van der Waals surface area contributed by atoms with Gasteiger partial charge in [0.05, 0.1) is 49.5 Å². The van der Waals surface area contributed by atoms with Crippen LogP contribution in [0.2, 0.25) is 0 Å². The molecule has 29 heteroatoms. The van der Waals surface area contributed by atoms with E-state index in [-0.39, 0.29) is 0 Å². The first kappa shape index (κ1) is 86.2. The largest absolute Gasteiger partial charge is 0.465 e. The van der Waals surface area contributed by atoms with Gasteiger partial charge in [0.15, 0.2) is 39.0 Å². The summed E-state index contributed by atoms with van der Waals surface area (Å²) >= 11 is 1.81. The second-order valence-electron chi connectivity index (χ2n) is 33.6. The molecule has 118 heavy (non-hydrogen) atoms. The number of allylic oxidation sites excluding steroid dienone is 1. The predicted molar refractivity (Wildman–Crippen MR) is 473 cm³/mol. The fourth-order valence-electron chi connectivity index (χ4n) is 18.0. The highest BCUT2D eigenvalue weighted by atomic mass is 32.2. The monoisotopic (exact) mass is 1620 g/mol. The molecule has 0 spiro atoms. The van der Waals surface area contributed by atoms with Crippen LogP contribution in [-0.4, -0.2) is 136 Å². The van der Waals surface area contributed by atoms with Crippen molar-refractivity contribution >= 4 is 96.6 Å². The first-order valence-electron chi connectivity index (χ1n) is 44.5. The molecule has 632 valence electrons. The minimum Gasteiger partial charge on any atom is -0.465 e. The fraction of sp³-hybridized carbons (Fsp3) is 0.629. The van der Waals surface area contributed by atoms with Crippen molar-refractivity contribution in [2.24, 2.45) is 35.5 Å². The molecule has 28 nitrogen and oxygen atoms in total. The Morgan fingerprint density at radius 3 is 1.08 bits per heavy atom. The number of nitrogen functional groups attached to an aromatic ring is 1. The Kier molecular flexibility index (Phi) is 30.9. The van der Waals surface area contributed by atoms with Crippen LogP contribution in [0, 0.1) is 84.0 Å². The summed E-state index contributed by atoms with van der Waals surface area (Å²) in [6.45, 7) is 33.0. The predicted octanol–water partition coefficient (Wildman–Crippen LogP) is 19.2. The molecule has 6 aliphatic rings. The molecule has 6 aliphatic carbocycles. The summed E-state index contributed by atoms with van der Waals surface area (Å²) < 4.78 is 18.9. The number of imidazole rings is 6. The van der Waals surface area contributed by atoms with Crippen LogP contribution in [0.4, 0.5) is 17.8 Å². The molecule has 6 fully saturated rings. The lowest BCUT2D eigenvalue weighted by Gasteiger charge is -2.23. The number of anilines is 3. The summed E-state index contributed by atoms with van der Waals surface area (Å²) in [4.78, 5) is 80.2. The summed E-state index contributed by atoms with van der Waals surface area (Å²) in [5.74, 6) is 13.7. The van der Waals surface area contributed by atoms with Gasteiger partial charge >= 0.3 is 0 Å². The average Bonchev–Trinajstić information content (AvgIpc) is 1.64. The number of hydrogen-bond acceptors (Lipinski definition) is 23. The van der Waals surface area contributed by atoms with E-state index in [4.69, 9.17) is 15.5 Å². The van der Waals surface area contributed by atoms with Crippen molar-refractivity contribution in [3.05, 3.63) is 96.0 Å². The molecule has 12 aromatic rings. The van der Waals surface area contributed by atoms with Gasteiger partial charge in [-0.1, -0.05) is 141 Å². The number of thioether (sulfide) groups is 1. The topological polar surface area (TPSA) is 321 Å². The van der Waals surface area contributed by atoms with Crippen LogP contribution in [0.5, 0.6) is 6.01 Å². The Morgan fingerprint density at radius 2 is 0.686 bits per heavy atom. The molecule has 4 N–H and O–H groups in total. The van der Waals surface area contributed by atoms with Crippen LogP contribution in [-0.2, 0) is 39.3 Å². The van der Waals surface area contributed by atoms with Crippen molar-refractivity contribution in [1.29, 1.82) is 0 Å². The van der Waals surface area contributed by atoms with Gasteiger partial charge in [-0.2, -0.15) is 4.98 Å². The lowest BCUT2D eigenvalue weighted by Crippen LogP contribution is -2.16. The van der Waals surface area contributed by atoms with Crippen molar-refractivity contribution in [3.63, 3.8) is 0 Å². The van der Waals surface area contributed by atoms with Crippen LogP contribution in [0.3, 0.4) is 0 Å². The summed E-state index contributed by atoms with van der Waals surface area (Å²) in [7, 11) is 0. The van der Waals surface area contributed by atoms with Crippen LogP contribution in [0.15, 0.2) is 60.3 Å². The van der Waals surface area contributed by atoms with Crippen molar-refractivity contribution in [2.75, 3.05) is 35.3 Å². The molecular weight excluding hydrogens is 1500 g/mol. The molecule has 6 saturated carbocycles. The smallest absolute Gasteiger partial charge is 0.298 e. The number of nitrogens with zero attached hydrogens (tertiary/aromatic N) is 24. The lowest BCUT2D eigenvalue weighted by atomic mass is 9.89. The first-order valence-corrected chi connectivity index (χ1v) is 45.5. The standard InChI is InChI=1S/C17H23N5.C15H23N5.C15H22N4O.C15H22N4S.C14H20N4.C13H19N5/c1-4-12(2)19-17-21-15-10-18-13(3)20-16(15)22(17)11-14-8-6-5-7-9-14;1-3-16-15-19-13-9-17-11(2)18-14(13)20(15)10-12-7-5-4-6-8-12;2*1-3-20-15-18-13-9-16-11(2)17-14(13)19(15)10-12-7-5-4-6-8-12;1-10-15-8-13-14(16-10)18(11(2)17-13)9-12-6-4-3-5-7-12;1-9-15-7-11-12(16-9)18(13(14)17-11)8-10-5-3-2-4-6-10/h10,14H,1,5-9,11H2,2-3H3,(H,19,21);9,12H,3-8,10H2,1-2H3,(H,16,19);2*9,12H,3-8,10H2,1-2H3;8,12H,3-7,9H2,1-2H3;7,10H,2-6,8H2,1H3,(H2,14,17). The number of aromatic nitrogens is 24. The second kappa shape index (κ2) is 42.3. The van der Waals surface area contributed by atoms with E-state index in [0.29, 0.717) is 30.4 Å². The third-order valence-electron chi connectivity index (χ3n) is 24.2. The number of fused-ring (bicyclic) bond motifs is 6. The third-order valence-corrected chi connectivity index (χ3v) is 25.1. The fourth-order valence-corrected chi connectivity index (χ4v) is 18.8. The van der Waals surface area contributed by atoms with Crippen LogP contribution in [0.25, 0.3) is 67.0 Å². The molecule has 0 unspecified atom stereocenters.